The Morgan fingerprint density at radius 3 is 2.57 bits per heavy atom. The number of hydrogen-bond donors (Lipinski definition) is 2. The highest BCUT2D eigenvalue weighted by Gasteiger charge is 2.32. The Balaban J connectivity index is 1.47. The van der Waals surface area contributed by atoms with Crippen LogP contribution in [0.1, 0.15) is 47.2 Å². The van der Waals surface area contributed by atoms with Crippen molar-refractivity contribution in [2.24, 2.45) is 0 Å². The molecule has 0 aliphatic carbocycles. The molecule has 4 rings (SSSR count). The fourth-order valence-electron chi connectivity index (χ4n) is 4.13. The van der Waals surface area contributed by atoms with Gasteiger partial charge in [0, 0.05) is 25.1 Å². The first-order chi connectivity index (χ1) is 13.3. The zero-order chi connectivity index (χ0) is 20.1. The largest absolute Gasteiger partial charge is 0.466 e. The molecule has 2 aliphatic rings. The fourth-order valence-corrected chi connectivity index (χ4v) is 5.28. The van der Waals surface area contributed by atoms with E-state index in [1.54, 1.807) is 36.9 Å². The molecule has 0 bridgehead atoms. The molecular formula is C20H24N2O5S. The molecule has 0 saturated heterocycles. The Bertz CT molecular complexity index is 1040. The molecule has 3 heterocycles. The van der Waals surface area contributed by atoms with Crippen LogP contribution in [0, 0.1) is 13.8 Å². The topological polar surface area (TPSA) is 99.9 Å². The second-order valence-electron chi connectivity index (χ2n) is 7.46. The lowest BCUT2D eigenvalue weighted by molar-refractivity contribution is -0.118. The third kappa shape index (κ3) is 3.36. The average molecular weight is 404 g/mol. The molecule has 1 aromatic carbocycles. The van der Waals surface area contributed by atoms with Crippen molar-refractivity contribution in [2.45, 2.75) is 50.5 Å². The first-order valence-electron chi connectivity index (χ1n) is 9.47. The Labute approximate surface area is 164 Å². The molecule has 2 aliphatic heterocycles. The predicted molar refractivity (Wildman–Crippen MR) is 104 cm³/mol. The van der Waals surface area contributed by atoms with Gasteiger partial charge in [-0.05, 0) is 62.4 Å². The van der Waals surface area contributed by atoms with Crippen LogP contribution in [0.5, 0.6) is 0 Å². The van der Waals surface area contributed by atoms with Gasteiger partial charge in [-0.3, -0.25) is 4.79 Å². The van der Waals surface area contributed by atoms with Crippen LogP contribution in [0.25, 0.3) is 0 Å². The van der Waals surface area contributed by atoms with E-state index in [2.05, 4.69) is 4.72 Å². The number of hydrogen-bond acceptors (Lipinski definition) is 5. The van der Waals surface area contributed by atoms with Gasteiger partial charge in [0.25, 0.3) is 0 Å². The number of sulfonamides is 1. The molecule has 2 N–H and O–H groups in total. The number of nitrogens with one attached hydrogen (secondary N) is 1. The van der Waals surface area contributed by atoms with Gasteiger partial charge in [0.2, 0.25) is 15.9 Å². The Morgan fingerprint density at radius 1 is 1.18 bits per heavy atom. The minimum absolute atomic E-state index is 0.110. The number of benzene rings is 1. The average Bonchev–Trinajstić information content (AvgIpc) is 3.21. The zero-order valence-electron chi connectivity index (χ0n) is 16.0. The summed E-state index contributed by atoms with van der Waals surface area (Å²) in [6.45, 7) is 4.32. The molecule has 28 heavy (non-hydrogen) atoms. The normalized spacial score (nSPS) is 17.1. The van der Waals surface area contributed by atoms with E-state index in [1.165, 1.54) is 0 Å². The van der Waals surface area contributed by atoms with Gasteiger partial charge in [0.1, 0.15) is 11.5 Å². The van der Waals surface area contributed by atoms with Crippen LogP contribution >= 0.6 is 0 Å². The summed E-state index contributed by atoms with van der Waals surface area (Å²) in [7, 11) is -3.69. The minimum Gasteiger partial charge on any atom is -0.466 e. The SMILES string of the molecule is Cc1cc(C(O)CCNS(=O)(=O)c2cc3c4c(c2)CCN4C(=O)CC3)c(C)o1. The maximum atomic E-state index is 12.8. The van der Waals surface area contributed by atoms with Gasteiger partial charge in [0.05, 0.1) is 16.7 Å². The molecule has 2 aromatic rings. The van der Waals surface area contributed by atoms with E-state index in [0.29, 0.717) is 42.9 Å². The summed E-state index contributed by atoms with van der Waals surface area (Å²) in [5.74, 6) is 1.47. The molecule has 1 unspecified atom stereocenters. The smallest absolute Gasteiger partial charge is 0.240 e. The van der Waals surface area contributed by atoms with Crippen LogP contribution in [0.4, 0.5) is 5.69 Å². The molecule has 0 radical (unpaired) electrons. The standard InChI is InChI=1S/C20H24N2O5S/c1-12-9-17(13(2)27-12)18(23)5-7-21-28(25,26)16-10-14-3-4-19(24)22-8-6-15(11-16)20(14)22/h9-11,18,21,23H,3-8H2,1-2H3. The highest BCUT2D eigenvalue weighted by Crippen LogP contribution is 2.38. The molecular weight excluding hydrogens is 380 g/mol. The minimum atomic E-state index is -3.69. The number of rotatable bonds is 6. The number of furan rings is 1. The van der Waals surface area contributed by atoms with Crippen molar-refractivity contribution in [3.05, 3.63) is 46.4 Å². The van der Waals surface area contributed by atoms with Crippen molar-refractivity contribution in [3.8, 4) is 0 Å². The van der Waals surface area contributed by atoms with Crippen molar-refractivity contribution in [1.29, 1.82) is 0 Å². The summed E-state index contributed by atoms with van der Waals surface area (Å²) in [6, 6.07) is 5.11. The maximum absolute atomic E-state index is 12.8. The van der Waals surface area contributed by atoms with E-state index in [0.717, 1.165) is 16.8 Å². The first-order valence-corrected chi connectivity index (χ1v) is 11.0. The molecule has 0 saturated carbocycles. The Morgan fingerprint density at radius 2 is 1.89 bits per heavy atom. The van der Waals surface area contributed by atoms with E-state index >= 15 is 0 Å². The maximum Gasteiger partial charge on any atom is 0.240 e. The molecule has 0 fully saturated rings. The van der Waals surface area contributed by atoms with Crippen LogP contribution in [0.2, 0.25) is 0 Å². The molecule has 1 amide bonds. The van der Waals surface area contributed by atoms with Gasteiger partial charge in [-0.1, -0.05) is 0 Å². The summed E-state index contributed by atoms with van der Waals surface area (Å²) in [4.78, 5) is 14.0. The van der Waals surface area contributed by atoms with Crippen LogP contribution in [0.15, 0.2) is 27.5 Å². The number of carbonyl (C=O) groups is 1. The highest BCUT2D eigenvalue weighted by molar-refractivity contribution is 7.89. The van der Waals surface area contributed by atoms with Crippen molar-refractivity contribution in [2.75, 3.05) is 18.0 Å². The van der Waals surface area contributed by atoms with Gasteiger partial charge in [-0.15, -0.1) is 0 Å². The van der Waals surface area contributed by atoms with E-state index in [4.69, 9.17) is 4.42 Å². The third-order valence-corrected chi connectivity index (χ3v) is 6.92. The van der Waals surface area contributed by atoms with Gasteiger partial charge < -0.3 is 14.4 Å². The third-order valence-electron chi connectivity index (χ3n) is 5.48. The van der Waals surface area contributed by atoms with Crippen LogP contribution in [-0.2, 0) is 27.7 Å². The molecule has 0 spiro atoms. The number of nitrogens with zero attached hydrogens (tertiary/aromatic N) is 1. The summed E-state index contributed by atoms with van der Waals surface area (Å²) < 4.78 is 33.5. The van der Waals surface area contributed by atoms with Crippen molar-refractivity contribution in [1.82, 2.24) is 4.72 Å². The van der Waals surface area contributed by atoms with Gasteiger partial charge >= 0.3 is 0 Å². The Kier molecular flexibility index (Phi) is 4.81. The van der Waals surface area contributed by atoms with E-state index < -0.39 is 16.1 Å². The van der Waals surface area contributed by atoms with Crippen molar-refractivity contribution < 1.29 is 22.7 Å². The predicted octanol–water partition coefficient (Wildman–Crippen LogP) is 2.13. The fraction of sp³-hybridized carbons (Fsp3) is 0.450. The number of aryl methyl sites for hydroxylation is 3. The molecule has 1 aromatic heterocycles. The van der Waals surface area contributed by atoms with Gasteiger partial charge in [0.15, 0.2) is 0 Å². The van der Waals surface area contributed by atoms with E-state index in [1.807, 2.05) is 0 Å². The quantitative estimate of drug-likeness (QED) is 0.768. The number of carbonyl (C=O) groups excluding carboxylic acids is 1. The van der Waals surface area contributed by atoms with E-state index in [-0.39, 0.29) is 23.8 Å². The van der Waals surface area contributed by atoms with Gasteiger partial charge in [-0.2, -0.15) is 0 Å². The monoisotopic (exact) mass is 404 g/mol. The second kappa shape index (κ2) is 7.02. The number of amides is 1. The molecule has 8 heteroatoms. The van der Waals surface area contributed by atoms with Crippen LogP contribution in [-0.4, -0.2) is 32.5 Å². The summed E-state index contributed by atoms with van der Waals surface area (Å²) in [5.41, 5.74) is 3.41. The van der Waals surface area contributed by atoms with Crippen LogP contribution < -0.4 is 9.62 Å². The summed E-state index contributed by atoms with van der Waals surface area (Å²) >= 11 is 0. The first kappa shape index (κ1) is 19.2. The lowest BCUT2D eigenvalue weighted by Gasteiger charge is -2.25. The number of anilines is 1. The number of aliphatic hydroxyl groups is 1. The lowest BCUT2D eigenvalue weighted by atomic mass is 10.00. The summed E-state index contributed by atoms with van der Waals surface area (Å²) in [6.07, 6.45) is 1.12. The zero-order valence-corrected chi connectivity index (χ0v) is 16.8. The number of aliphatic hydroxyl groups excluding tert-OH is 1. The van der Waals surface area contributed by atoms with Crippen molar-refractivity contribution in [3.63, 3.8) is 0 Å². The summed E-state index contributed by atoms with van der Waals surface area (Å²) in [5, 5.41) is 10.3. The molecule has 7 nitrogen and oxygen atoms in total. The molecule has 1 atom stereocenters. The second-order valence-corrected chi connectivity index (χ2v) is 9.22. The van der Waals surface area contributed by atoms with Crippen molar-refractivity contribution >= 4 is 21.6 Å². The van der Waals surface area contributed by atoms with Crippen LogP contribution in [0.3, 0.4) is 0 Å². The lowest BCUT2D eigenvalue weighted by Crippen LogP contribution is -2.33. The Hall–Kier alpha value is -2.16. The van der Waals surface area contributed by atoms with E-state index in [9.17, 15) is 18.3 Å². The van der Waals surface area contributed by atoms with Gasteiger partial charge in [-0.25, -0.2) is 13.1 Å². The highest BCUT2D eigenvalue weighted by atomic mass is 32.2. The molecule has 150 valence electrons.